The molecule has 0 spiro atoms. The maximum atomic E-state index is 5.66. The summed E-state index contributed by atoms with van der Waals surface area (Å²) in [4.78, 5) is 0. The Morgan fingerprint density at radius 2 is 2.07 bits per heavy atom. The Bertz CT molecular complexity index is 256. The standard InChI is InChI=1S/C12H18N2/c1-2-8-14-12(10-13)9-11-6-4-3-5-7-11/h2-7,12,14H,1,8-10,13H2. The van der Waals surface area contributed by atoms with Gasteiger partial charge in [0.05, 0.1) is 0 Å². The SMILES string of the molecule is C=CCNC(CN)Cc1ccccc1. The van der Waals surface area contributed by atoms with Crippen molar-refractivity contribution in [2.24, 2.45) is 5.73 Å². The molecule has 0 heterocycles. The fourth-order valence-electron chi connectivity index (χ4n) is 1.39. The van der Waals surface area contributed by atoms with Crippen LogP contribution in [0.1, 0.15) is 5.56 Å². The van der Waals surface area contributed by atoms with E-state index in [1.807, 2.05) is 12.1 Å². The Hall–Kier alpha value is -1.12. The highest BCUT2D eigenvalue weighted by Crippen LogP contribution is 2.02. The van der Waals surface area contributed by atoms with Gasteiger partial charge in [0.2, 0.25) is 0 Å². The first-order valence-electron chi connectivity index (χ1n) is 4.95. The van der Waals surface area contributed by atoms with Crippen LogP contribution in [0.2, 0.25) is 0 Å². The predicted octanol–water partition coefficient (Wildman–Crippen LogP) is 1.33. The van der Waals surface area contributed by atoms with E-state index in [9.17, 15) is 0 Å². The molecule has 1 aromatic carbocycles. The van der Waals surface area contributed by atoms with Gasteiger partial charge in [-0.2, -0.15) is 0 Å². The van der Waals surface area contributed by atoms with Crippen LogP contribution in [-0.4, -0.2) is 19.1 Å². The molecule has 1 rings (SSSR count). The average molecular weight is 190 g/mol. The van der Waals surface area contributed by atoms with E-state index < -0.39 is 0 Å². The smallest absolute Gasteiger partial charge is 0.0233 e. The summed E-state index contributed by atoms with van der Waals surface area (Å²) in [6.07, 6.45) is 2.83. The monoisotopic (exact) mass is 190 g/mol. The topological polar surface area (TPSA) is 38.0 Å². The fourth-order valence-corrected chi connectivity index (χ4v) is 1.39. The normalized spacial score (nSPS) is 12.4. The summed E-state index contributed by atoms with van der Waals surface area (Å²) in [5, 5.41) is 3.32. The van der Waals surface area contributed by atoms with Crippen LogP contribution in [0.5, 0.6) is 0 Å². The van der Waals surface area contributed by atoms with Crippen LogP contribution in [0.15, 0.2) is 43.0 Å². The molecule has 0 amide bonds. The van der Waals surface area contributed by atoms with Gasteiger partial charge in [-0.3, -0.25) is 0 Å². The van der Waals surface area contributed by atoms with Gasteiger partial charge >= 0.3 is 0 Å². The molecular weight excluding hydrogens is 172 g/mol. The summed E-state index contributed by atoms with van der Waals surface area (Å²) in [5.41, 5.74) is 6.98. The van der Waals surface area contributed by atoms with Crippen molar-refractivity contribution in [3.63, 3.8) is 0 Å². The Kier molecular flexibility index (Phi) is 4.97. The molecular formula is C12H18N2. The summed E-state index contributed by atoms with van der Waals surface area (Å²) in [5.74, 6) is 0. The molecule has 2 nitrogen and oxygen atoms in total. The van der Waals surface area contributed by atoms with Gasteiger partial charge in [0, 0.05) is 19.1 Å². The van der Waals surface area contributed by atoms with E-state index in [1.165, 1.54) is 5.56 Å². The quantitative estimate of drug-likeness (QED) is 0.664. The first kappa shape index (κ1) is 11.0. The number of nitrogens with two attached hydrogens (primary N) is 1. The number of hydrogen-bond donors (Lipinski definition) is 2. The second-order valence-corrected chi connectivity index (χ2v) is 3.32. The number of rotatable bonds is 6. The van der Waals surface area contributed by atoms with Gasteiger partial charge in [-0.15, -0.1) is 6.58 Å². The maximum Gasteiger partial charge on any atom is 0.0233 e. The number of hydrogen-bond acceptors (Lipinski definition) is 2. The zero-order chi connectivity index (χ0) is 10.2. The van der Waals surface area contributed by atoms with E-state index in [4.69, 9.17) is 5.73 Å². The molecule has 76 valence electrons. The molecule has 0 bridgehead atoms. The number of benzene rings is 1. The summed E-state index contributed by atoms with van der Waals surface area (Å²) in [6.45, 7) is 5.14. The van der Waals surface area contributed by atoms with Crippen LogP contribution < -0.4 is 11.1 Å². The Morgan fingerprint density at radius 1 is 1.36 bits per heavy atom. The third-order valence-corrected chi connectivity index (χ3v) is 2.16. The molecule has 0 aliphatic rings. The molecule has 0 fully saturated rings. The van der Waals surface area contributed by atoms with E-state index >= 15 is 0 Å². The van der Waals surface area contributed by atoms with Crippen molar-refractivity contribution in [3.8, 4) is 0 Å². The Morgan fingerprint density at radius 3 is 2.64 bits per heavy atom. The lowest BCUT2D eigenvalue weighted by Gasteiger charge is -2.15. The molecule has 3 N–H and O–H groups in total. The molecule has 0 aliphatic carbocycles. The van der Waals surface area contributed by atoms with Crippen molar-refractivity contribution in [2.75, 3.05) is 13.1 Å². The first-order valence-corrected chi connectivity index (χ1v) is 4.95. The molecule has 0 aromatic heterocycles. The minimum absolute atomic E-state index is 0.343. The third-order valence-electron chi connectivity index (χ3n) is 2.16. The van der Waals surface area contributed by atoms with Crippen molar-refractivity contribution >= 4 is 0 Å². The van der Waals surface area contributed by atoms with E-state index in [0.29, 0.717) is 12.6 Å². The second kappa shape index (κ2) is 6.35. The molecule has 0 aliphatic heterocycles. The lowest BCUT2D eigenvalue weighted by molar-refractivity contribution is 0.546. The van der Waals surface area contributed by atoms with Gasteiger partial charge in [0.15, 0.2) is 0 Å². The summed E-state index contributed by atoms with van der Waals surface area (Å²) >= 11 is 0. The largest absolute Gasteiger partial charge is 0.329 e. The van der Waals surface area contributed by atoms with Crippen LogP contribution in [-0.2, 0) is 6.42 Å². The van der Waals surface area contributed by atoms with Crippen LogP contribution in [0, 0.1) is 0 Å². The third kappa shape index (κ3) is 3.73. The van der Waals surface area contributed by atoms with Gasteiger partial charge in [-0.25, -0.2) is 0 Å². The highest BCUT2D eigenvalue weighted by molar-refractivity contribution is 5.16. The van der Waals surface area contributed by atoms with Crippen molar-refractivity contribution < 1.29 is 0 Å². The highest BCUT2D eigenvalue weighted by atomic mass is 14.9. The second-order valence-electron chi connectivity index (χ2n) is 3.32. The van der Waals surface area contributed by atoms with Crippen molar-refractivity contribution in [1.29, 1.82) is 0 Å². The summed E-state index contributed by atoms with van der Waals surface area (Å²) in [6, 6.07) is 10.7. The van der Waals surface area contributed by atoms with Gasteiger partial charge in [-0.1, -0.05) is 36.4 Å². The fraction of sp³-hybridized carbons (Fsp3) is 0.333. The van der Waals surface area contributed by atoms with Gasteiger partial charge in [0.1, 0.15) is 0 Å². The van der Waals surface area contributed by atoms with Crippen molar-refractivity contribution in [2.45, 2.75) is 12.5 Å². The zero-order valence-electron chi connectivity index (χ0n) is 8.45. The van der Waals surface area contributed by atoms with Gasteiger partial charge in [-0.05, 0) is 12.0 Å². The molecule has 2 heteroatoms. The zero-order valence-corrected chi connectivity index (χ0v) is 8.45. The summed E-state index contributed by atoms with van der Waals surface area (Å²) in [7, 11) is 0. The summed E-state index contributed by atoms with van der Waals surface area (Å²) < 4.78 is 0. The van der Waals surface area contributed by atoms with Crippen molar-refractivity contribution in [3.05, 3.63) is 48.6 Å². The minimum Gasteiger partial charge on any atom is -0.329 e. The van der Waals surface area contributed by atoms with E-state index in [1.54, 1.807) is 0 Å². The molecule has 1 atom stereocenters. The minimum atomic E-state index is 0.343. The van der Waals surface area contributed by atoms with E-state index in [0.717, 1.165) is 13.0 Å². The predicted molar refractivity (Wildman–Crippen MR) is 61.2 cm³/mol. The average Bonchev–Trinajstić information content (AvgIpc) is 2.25. The van der Waals surface area contributed by atoms with Crippen molar-refractivity contribution in [1.82, 2.24) is 5.32 Å². The van der Waals surface area contributed by atoms with Crippen LogP contribution in [0.25, 0.3) is 0 Å². The van der Waals surface area contributed by atoms with Crippen LogP contribution >= 0.6 is 0 Å². The van der Waals surface area contributed by atoms with Gasteiger partial charge < -0.3 is 11.1 Å². The van der Waals surface area contributed by atoms with E-state index in [2.05, 4.69) is 36.2 Å². The Balaban J connectivity index is 2.44. The first-order chi connectivity index (χ1) is 6.86. The number of nitrogens with one attached hydrogen (secondary N) is 1. The molecule has 0 saturated carbocycles. The molecule has 14 heavy (non-hydrogen) atoms. The molecule has 1 unspecified atom stereocenters. The lowest BCUT2D eigenvalue weighted by Crippen LogP contribution is -2.37. The maximum absolute atomic E-state index is 5.66. The highest BCUT2D eigenvalue weighted by Gasteiger charge is 2.04. The molecule has 1 aromatic rings. The van der Waals surface area contributed by atoms with Crippen LogP contribution in [0.3, 0.4) is 0 Å². The lowest BCUT2D eigenvalue weighted by atomic mass is 10.1. The molecule has 0 saturated heterocycles. The van der Waals surface area contributed by atoms with Crippen LogP contribution in [0.4, 0.5) is 0 Å². The van der Waals surface area contributed by atoms with Gasteiger partial charge in [0.25, 0.3) is 0 Å². The Labute approximate surface area is 85.8 Å². The molecule has 0 radical (unpaired) electrons. The van der Waals surface area contributed by atoms with E-state index in [-0.39, 0.29) is 0 Å².